The van der Waals surface area contributed by atoms with Crippen molar-refractivity contribution in [1.82, 2.24) is 25.6 Å². The Labute approximate surface area is 231 Å². The van der Waals surface area contributed by atoms with Gasteiger partial charge in [0.15, 0.2) is 5.82 Å². The van der Waals surface area contributed by atoms with E-state index in [-0.39, 0.29) is 5.92 Å². The van der Waals surface area contributed by atoms with Crippen LogP contribution in [0.2, 0.25) is 0 Å². The van der Waals surface area contributed by atoms with E-state index in [0.717, 1.165) is 28.0 Å². The number of aromatic amines is 1. The Hall–Kier alpha value is -4.26. The van der Waals surface area contributed by atoms with Crippen molar-refractivity contribution < 1.29 is 14.2 Å². The average molecular weight is 540 g/mol. The minimum atomic E-state index is -0.00926. The van der Waals surface area contributed by atoms with Gasteiger partial charge in [0.25, 0.3) is 0 Å². The third-order valence-electron chi connectivity index (χ3n) is 6.33. The van der Waals surface area contributed by atoms with Crippen LogP contribution >= 0.6 is 11.3 Å². The molecule has 8 nitrogen and oxygen atoms in total. The number of ether oxygens (including phenoxy) is 3. The van der Waals surface area contributed by atoms with E-state index in [1.54, 1.807) is 18.4 Å². The van der Waals surface area contributed by atoms with Crippen LogP contribution in [0.15, 0.2) is 60.1 Å². The van der Waals surface area contributed by atoms with Crippen LogP contribution in [0.5, 0.6) is 11.6 Å². The maximum absolute atomic E-state index is 6.14. The van der Waals surface area contributed by atoms with Crippen molar-refractivity contribution in [2.75, 3.05) is 20.3 Å². The maximum Gasteiger partial charge on any atom is 0.213 e. The Morgan fingerprint density at radius 3 is 2.64 bits per heavy atom. The highest BCUT2D eigenvalue weighted by atomic mass is 32.1. The van der Waals surface area contributed by atoms with Gasteiger partial charge >= 0.3 is 0 Å². The molecule has 1 atom stereocenters. The molecule has 0 aliphatic rings. The van der Waals surface area contributed by atoms with Crippen LogP contribution in [-0.4, -0.2) is 45.9 Å². The van der Waals surface area contributed by atoms with Crippen molar-refractivity contribution in [3.05, 3.63) is 82.6 Å². The van der Waals surface area contributed by atoms with Gasteiger partial charge in [0.1, 0.15) is 19.0 Å². The second-order valence-corrected chi connectivity index (χ2v) is 9.91. The van der Waals surface area contributed by atoms with E-state index >= 15 is 0 Å². The number of nitrogens with zero attached hydrogens (tertiary/aromatic N) is 4. The van der Waals surface area contributed by atoms with Crippen LogP contribution in [-0.2, 0) is 17.8 Å². The second kappa shape index (κ2) is 12.5. The van der Waals surface area contributed by atoms with Gasteiger partial charge in [-0.2, -0.15) is 5.21 Å². The molecule has 198 valence electrons. The van der Waals surface area contributed by atoms with Crippen molar-refractivity contribution in [2.24, 2.45) is 0 Å². The molecular weight excluding hydrogens is 510 g/mol. The van der Waals surface area contributed by atoms with Crippen molar-refractivity contribution in [3.8, 4) is 34.6 Å². The number of H-pyrrole nitrogens is 1. The Morgan fingerprint density at radius 1 is 1.03 bits per heavy atom. The molecule has 5 rings (SSSR count). The summed E-state index contributed by atoms with van der Waals surface area (Å²) < 4.78 is 18.1. The lowest BCUT2D eigenvalue weighted by molar-refractivity contribution is 0.143. The molecule has 0 aliphatic carbocycles. The van der Waals surface area contributed by atoms with Crippen LogP contribution in [0, 0.1) is 18.8 Å². The number of thiophene rings is 1. The SMILES string of the molecule is CC#C[C@@H](Cc1nn[nH]n1)c1ccc(OCc2ccc3scc(-c4cnc(OCCOC)cc4C)c3c2)cc1. The zero-order valence-corrected chi connectivity index (χ0v) is 22.9. The second-order valence-electron chi connectivity index (χ2n) is 9.00. The van der Waals surface area contributed by atoms with Gasteiger partial charge in [-0.1, -0.05) is 29.3 Å². The zero-order valence-electron chi connectivity index (χ0n) is 22.1. The minimum Gasteiger partial charge on any atom is -0.489 e. The van der Waals surface area contributed by atoms with Crippen molar-refractivity contribution in [3.63, 3.8) is 0 Å². The van der Waals surface area contributed by atoms with E-state index in [4.69, 9.17) is 14.2 Å². The summed E-state index contributed by atoms with van der Waals surface area (Å²) in [5, 5.41) is 17.6. The molecule has 0 radical (unpaired) electrons. The Bertz CT molecular complexity index is 1590. The van der Waals surface area contributed by atoms with Gasteiger partial charge < -0.3 is 14.2 Å². The minimum absolute atomic E-state index is 0.00926. The van der Waals surface area contributed by atoms with Gasteiger partial charge in [-0.25, -0.2) is 4.98 Å². The van der Waals surface area contributed by atoms with Crippen LogP contribution < -0.4 is 9.47 Å². The third kappa shape index (κ3) is 6.42. The summed E-state index contributed by atoms with van der Waals surface area (Å²) in [7, 11) is 1.65. The molecule has 2 aromatic carbocycles. The fraction of sp³-hybridized carbons (Fsp3) is 0.267. The first-order chi connectivity index (χ1) is 19.1. The van der Waals surface area contributed by atoms with E-state index in [1.165, 1.54) is 15.6 Å². The number of pyridine rings is 1. The highest BCUT2D eigenvalue weighted by Gasteiger charge is 2.14. The molecule has 0 bridgehead atoms. The Kier molecular flexibility index (Phi) is 8.46. The van der Waals surface area contributed by atoms with E-state index in [0.29, 0.717) is 37.9 Å². The van der Waals surface area contributed by atoms with Crippen molar-refractivity contribution in [1.29, 1.82) is 0 Å². The number of hydrogen-bond acceptors (Lipinski definition) is 8. The van der Waals surface area contributed by atoms with E-state index in [9.17, 15) is 0 Å². The average Bonchev–Trinajstić information content (AvgIpc) is 3.62. The highest BCUT2D eigenvalue weighted by Crippen LogP contribution is 2.36. The number of fused-ring (bicyclic) bond motifs is 1. The molecule has 0 saturated heterocycles. The molecule has 3 heterocycles. The molecule has 1 N–H and O–H groups in total. The van der Waals surface area contributed by atoms with Crippen molar-refractivity contribution in [2.45, 2.75) is 32.8 Å². The fourth-order valence-electron chi connectivity index (χ4n) is 4.34. The molecule has 3 aromatic heterocycles. The number of hydrogen-bond donors (Lipinski definition) is 1. The van der Waals surface area contributed by atoms with Gasteiger partial charge in [0.2, 0.25) is 5.88 Å². The highest BCUT2D eigenvalue weighted by molar-refractivity contribution is 7.17. The van der Waals surface area contributed by atoms with Gasteiger partial charge in [-0.15, -0.1) is 27.5 Å². The first-order valence-corrected chi connectivity index (χ1v) is 13.5. The largest absolute Gasteiger partial charge is 0.489 e. The molecule has 39 heavy (non-hydrogen) atoms. The first kappa shape index (κ1) is 26.4. The maximum atomic E-state index is 6.14. The predicted molar refractivity (Wildman–Crippen MR) is 152 cm³/mol. The molecule has 0 fully saturated rings. The molecule has 0 amide bonds. The summed E-state index contributed by atoms with van der Waals surface area (Å²) in [6.45, 7) is 5.39. The quantitative estimate of drug-likeness (QED) is 0.169. The lowest BCUT2D eigenvalue weighted by atomic mass is 9.96. The number of benzene rings is 2. The van der Waals surface area contributed by atoms with Crippen LogP contribution in [0.4, 0.5) is 0 Å². The number of methoxy groups -OCH3 is 1. The van der Waals surface area contributed by atoms with Crippen LogP contribution in [0.3, 0.4) is 0 Å². The predicted octanol–water partition coefficient (Wildman–Crippen LogP) is 5.74. The normalized spacial score (nSPS) is 11.7. The molecule has 9 heteroatoms. The number of tetrazole rings is 1. The molecule has 5 aromatic rings. The standard InChI is InChI=1S/C30H29N5O3S/c1-4-5-23(16-29-32-34-35-33-29)22-7-9-24(10-8-22)38-18-21-6-11-28-25(15-21)27(19-39-28)26-17-31-30(14-20(26)2)37-13-12-36-3/h6-11,14-15,17,19,23H,12-13,16,18H2,1-3H3,(H,32,33,34,35)/t23-/m0/s1. The summed E-state index contributed by atoms with van der Waals surface area (Å²) >= 11 is 1.73. The molecule has 0 spiro atoms. The van der Waals surface area contributed by atoms with Gasteiger partial charge in [0, 0.05) is 47.0 Å². The Balaban J connectivity index is 1.28. The first-order valence-electron chi connectivity index (χ1n) is 12.6. The lowest BCUT2D eigenvalue weighted by Crippen LogP contribution is -2.05. The van der Waals surface area contributed by atoms with Gasteiger partial charge in [0.05, 0.1) is 12.5 Å². The van der Waals surface area contributed by atoms with E-state index in [1.807, 2.05) is 43.5 Å². The van der Waals surface area contributed by atoms with E-state index < -0.39 is 0 Å². The summed E-state index contributed by atoms with van der Waals surface area (Å²) in [5.74, 6) is 8.28. The van der Waals surface area contributed by atoms with Crippen LogP contribution in [0.25, 0.3) is 21.2 Å². The third-order valence-corrected chi connectivity index (χ3v) is 7.30. The number of rotatable bonds is 11. The summed E-state index contributed by atoms with van der Waals surface area (Å²) in [4.78, 5) is 4.51. The fourth-order valence-corrected chi connectivity index (χ4v) is 5.28. The molecule has 0 aliphatic heterocycles. The Morgan fingerprint density at radius 2 is 1.90 bits per heavy atom. The summed E-state index contributed by atoms with van der Waals surface area (Å²) in [6, 6.07) is 16.5. The molecule has 0 saturated carbocycles. The monoisotopic (exact) mass is 539 g/mol. The zero-order chi connectivity index (χ0) is 27.0. The van der Waals surface area contributed by atoms with Gasteiger partial charge in [-0.05, 0) is 60.2 Å². The molecular formula is C30H29N5O3S. The lowest BCUT2D eigenvalue weighted by Gasteiger charge is -2.12. The van der Waals surface area contributed by atoms with E-state index in [2.05, 4.69) is 68.0 Å². The topological polar surface area (TPSA) is 95.0 Å². The smallest absolute Gasteiger partial charge is 0.213 e. The van der Waals surface area contributed by atoms with Gasteiger partial charge in [-0.3, -0.25) is 0 Å². The molecule has 0 unspecified atom stereocenters. The number of aryl methyl sites for hydroxylation is 1. The summed E-state index contributed by atoms with van der Waals surface area (Å²) in [6.07, 6.45) is 2.48. The number of nitrogens with one attached hydrogen (secondary N) is 1. The van der Waals surface area contributed by atoms with Crippen molar-refractivity contribution >= 4 is 21.4 Å². The van der Waals surface area contributed by atoms with Crippen LogP contribution in [0.1, 0.15) is 35.4 Å². The summed E-state index contributed by atoms with van der Waals surface area (Å²) in [5.41, 5.74) is 5.57. The number of aromatic nitrogens is 5.